The zero-order valence-electron chi connectivity index (χ0n) is 15.3. The maximum atomic E-state index is 12.2. The van der Waals surface area contributed by atoms with E-state index >= 15 is 0 Å². The number of hydrogen-bond acceptors (Lipinski definition) is 6. The van der Waals surface area contributed by atoms with Crippen LogP contribution in [0.5, 0.6) is 0 Å². The second-order valence-electron chi connectivity index (χ2n) is 7.05. The van der Waals surface area contributed by atoms with E-state index in [4.69, 9.17) is 10.9 Å². The maximum absolute atomic E-state index is 12.2. The summed E-state index contributed by atoms with van der Waals surface area (Å²) in [6.07, 6.45) is 3.72. The summed E-state index contributed by atoms with van der Waals surface area (Å²) < 4.78 is 22.2. The molecular formula is C17H28N2O6Sn. The number of unbranched alkanes of at least 4 members (excludes halogenated alkanes) is 2. The van der Waals surface area contributed by atoms with Gasteiger partial charge in [0, 0.05) is 0 Å². The Bertz CT molecular complexity index is 712. The van der Waals surface area contributed by atoms with Crippen LogP contribution >= 0.6 is 0 Å². The van der Waals surface area contributed by atoms with Crippen LogP contribution < -0.4 is 11.2 Å². The van der Waals surface area contributed by atoms with Crippen LogP contribution in [0.4, 0.5) is 0 Å². The van der Waals surface area contributed by atoms with Crippen LogP contribution in [0.15, 0.2) is 21.9 Å². The molecule has 146 valence electrons. The van der Waals surface area contributed by atoms with Gasteiger partial charge in [-0.25, -0.2) is 0 Å². The van der Waals surface area contributed by atoms with Crippen LogP contribution in [-0.2, 0) is 10.9 Å². The third-order valence-electron chi connectivity index (χ3n) is 5.11. The van der Waals surface area contributed by atoms with Crippen LogP contribution in [0.25, 0.3) is 0 Å². The molecule has 0 aliphatic carbocycles. The van der Waals surface area contributed by atoms with Gasteiger partial charge >= 0.3 is 157 Å². The van der Waals surface area contributed by atoms with Crippen molar-refractivity contribution in [3.8, 4) is 0 Å². The van der Waals surface area contributed by atoms with Gasteiger partial charge in [0.2, 0.25) is 0 Å². The third kappa shape index (κ3) is 3.94. The third-order valence-corrected chi connectivity index (χ3v) is 15.5. The summed E-state index contributed by atoms with van der Waals surface area (Å²) in [6.45, 7) is 4.11. The molecule has 2 saturated heterocycles. The molecule has 26 heavy (non-hydrogen) atoms. The molecule has 2 aliphatic heterocycles. The molecule has 9 heteroatoms. The van der Waals surface area contributed by atoms with E-state index < -0.39 is 48.9 Å². The molecule has 3 heterocycles. The summed E-state index contributed by atoms with van der Waals surface area (Å²) in [5, 5.41) is 9.73. The number of aromatic nitrogens is 2. The van der Waals surface area contributed by atoms with Gasteiger partial charge in [-0.3, -0.25) is 0 Å². The summed E-state index contributed by atoms with van der Waals surface area (Å²) in [4.78, 5) is 25.8. The van der Waals surface area contributed by atoms with Gasteiger partial charge in [-0.05, 0) is 0 Å². The minimum atomic E-state index is -3.28. The number of aromatic amines is 1. The van der Waals surface area contributed by atoms with Gasteiger partial charge in [-0.2, -0.15) is 0 Å². The molecule has 2 fully saturated rings. The van der Waals surface area contributed by atoms with Crippen molar-refractivity contribution in [2.75, 3.05) is 6.61 Å². The van der Waals surface area contributed by atoms with E-state index in [0.29, 0.717) is 0 Å². The summed E-state index contributed by atoms with van der Waals surface area (Å²) in [5.74, 6) is 0. The number of rotatable bonds is 8. The van der Waals surface area contributed by atoms with Crippen molar-refractivity contribution in [3.63, 3.8) is 0 Å². The number of aliphatic hydroxyl groups is 1. The number of nitrogens with one attached hydrogen (secondary N) is 1. The van der Waals surface area contributed by atoms with Crippen LogP contribution in [0.3, 0.4) is 0 Å². The molecular weight excluding hydrogens is 447 g/mol. The number of nitrogens with zero attached hydrogens (tertiary/aromatic N) is 1. The number of hydrogen-bond donors (Lipinski definition) is 2. The SMILES string of the molecule is CCC[CH2][Sn]1([CH2]CCC)[O]C2[C@@H]([O]1)[C@@H](CO)O[C@H]2n1ccc(=O)[nH]c1=O. The summed E-state index contributed by atoms with van der Waals surface area (Å²) in [6, 6.07) is 1.28. The predicted molar refractivity (Wildman–Crippen MR) is 97.2 cm³/mol. The summed E-state index contributed by atoms with van der Waals surface area (Å²) in [7, 11) is 0. The number of H-pyrrole nitrogens is 1. The van der Waals surface area contributed by atoms with Gasteiger partial charge in [0.05, 0.1) is 0 Å². The van der Waals surface area contributed by atoms with Gasteiger partial charge in [0.1, 0.15) is 0 Å². The minimum absolute atomic E-state index is 0.192. The van der Waals surface area contributed by atoms with Crippen molar-refractivity contribution in [2.45, 2.75) is 72.9 Å². The Morgan fingerprint density at radius 3 is 2.38 bits per heavy atom. The number of ether oxygens (including phenoxy) is 1. The fourth-order valence-corrected chi connectivity index (χ4v) is 15.4. The second kappa shape index (κ2) is 8.55. The van der Waals surface area contributed by atoms with E-state index in [9.17, 15) is 14.7 Å². The fourth-order valence-electron chi connectivity index (χ4n) is 3.75. The molecule has 0 spiro atoms. The van der Waals surface area contributed by atoms with Crippen LogP contribution in [0.1, 0.15) is 45.8 Å². The van der Waals surface area contributed by atoms with Gasteiger partial charge in [0.15, 0.2) is 0 Å². The number of aliphatic hydroxyl groups excluding tert-OH is 1. The zero-order valence-corrected chi connectivity index (χ0v) is 18.2. The summed E-state index contributed by atoms with van der Waals surface area (Å²) in [5.41, 5.74) is -0.999. The fraction of sp³-hybridized carbons (Fsp3) is 0.765. The first-order valence-electron chi connectivity index (χ1n) is 9.47. The Morgan fingerprint density at radius 2 is 1.81 bits per heavy atom. The molecule has 1 unspecified atom stereocenters. The van der Waals surface area contributed by atoms with E-state index in [1.807, 2.05) is 0 Å². The van der Waals surface area contributed by atoms with Gasteiger partial charge < -0.3 is 0 Å². The second-order valence-corrected chi connectivity index (χ2v) is 16.4. The van der Waals surface area contributed by atoms with E-state index in [2.05, 4.69) is 18.8 Å². The van der Waals surface area contributed by atoms with Crippen LogP contribution in [0.2, 0.25) is 8.87 Å². The quantitative estimate of drug-likeness (QED) is 0.549. The molecule has 1 aromatic heterocycles. The average molecular weight is 475 g/mol. The van der Waals surface area contributed by atoms with Crippen molar-refractivity contribution in [1.82, 2.24) is 9.55 Å². The number of fused-ring (bicyclic) bond motifs is 1. The normalized spacial score (nSPS) is 29.8. The van der Waals surface area contributed by atoms with Crippen LogP contribution in [-0.4, -0.2) is 58.8 Å². The van der Waals surface area contributed by atoms with E-state index in [-0.39, 0.29) is 12.7 Å². The summed E-state index contributed by atoms with van der Waals surface area (Å²) >= 11 is -3.28. The Hall–Kier alpha value is -0.681. The molecule has 8 nitrogen and oxygen atoms in total. The van der Waals surface area contributed by atoms with Gasteiger partial charge in [-0.15, -0.1) is 0 Å². The van der Waals surface area contributed by atoms with Crippen molar-refractivity contribution in [3.05, 3.63) is 33.1 Å². The van der Waals surface area contributed by atoms with Gasteiger partial charge in [0.25, 0.3) is 0 Å². The van der Waals surface area contributed by atoms with Crippen LogP contribution in [0, 0.1) is 0 Å². The van der Waals surface area contributed by atoms with E-state index in [1.165, 1.54) is 16.8 Å². The Morgan fingerprint density at radius 1 is 1.15 bits per heavy atom. The monoisotopic (exact) mass is 476 g/mol. The van der Waals surface area contributed by atoms with Crippen molar-refractivity contribution in [2.24, 2.45) is 0 Å². The Balaban J connectivity index is 1.89. The molecule has 3 rings (SSSR count). The Labute approximate surface area is 157 Å². The molecule has 0 aromatic carbocycles. The molecule has 0 amide bonds. The Kier molecular flexibility index (Phi) is 6.60. The molecule has 0 bridgehead atoms. The standard InChI is InChI=1S/C9H10N2O6.2C4H9.Sn/c12-3-4-6(14)7(15)8(17-4)11-2-1-5(13)10-9(11)16;2*1-3-4-2;/h1-2,4,6-8,12H,3H2,(H,10,13,16);2*1,3-4H2,2H3;/q-2;;;+2/t4-,6+,7?,8-;;;/m1.../s1. The first kappa shape index (κ1) is 20.1. The van der Waals surface area contributed by atoms with Gasteiger partial charge in [-0.1, -0.05) is 0 Å². The molecule has 1 aromatic rings. The van der Waals surface area contributed by atoms with Crippen molar-refractivity contribution >= 4 is 19.2 Å². The first-order valence-corrected chi connectivity index (χ1v) is 15.8. The van der Waals surface area contributed by atoms with E-state index in [1.54, 1.807) is 0 Å². The molecule has 4 atom stereocenters. The predicted octanol–water partition coefficient (Wildman–Crippen LogP) is 1.25. The van der Waals surface area contributed by atoms with Crippen molar-refractivity contribution in [1.29, 1.82) is 0 Å². The topological polar surface area (TPSA) is 103 Å². The molecule has 2 aliphatic rings. The van der Waals surface area contributed by atoms with Crippen molar-refractivity contribution < 1.29 is 16.0 Å². The van der Waals surface area contributed by atoms with E-state index in [0.717, 1.165) is 34.6 Å². The zero-order chi connectivity index (χ0) is 18.7. The first-order chi connectivity index (χ1) is 12.5. The molecule has 2 N–H and O–H groups in total. The molecule has 0 radical (unpaired) electrons. The molecule has 0 saturated carbocycles. The average Bonchev–Trinajstić information content (AvgIpc) is 3.14.